The van der Waals surface area contributed by atoms with Crippen molar-refractivity contribution in [3.63, 3.8) is 0 Å². The highest BCUT2D eigenvalue weighted by Gasteiger charge is 2.31. The van der Waals surface area contributed by atoms with Crippen LogP contribution in [-0.4, -0.2) is 13.2 Å². The number of hydrogen-bond donors (Lipinski definition) is 1. The van der Waals surface area contributed by atoms with Gasteiger partial charge < -0.3 is 10.5 Å². The van der Waals surface area contributed by atoms with Gasteiger partial charge in [0.2, 0.25) is 0 Å². The molecule has 2 rings (SSSR count). The molecule has 2 nitrogen and oxygen atoms in total. The molecule has 2 N–H and O–H groups in total. The summed E-state index contributed by atoms with van der Waals surface area (Å²) in [5.74, 6) is 0.197. The predicted octanol–water partition coefficient (Wildman–Crippen LogP) is 3.55. The topological polar surface area (TPSA) is 35.2 Å². The molecule has 1 unspecified atom stereocenters. The van der Waals surface area contributed by atoms with E-state index in [2.05, 4.69) is 0 Å². The van der Waals surface area contributed by atoms with E-state index in [9.17, 15) is 13.2 Å². The lowest BCUT2D eigenvalue weighted by Crippen LogP contribution is -2.27. The summed E-state index contributed by atoms with van der Waals surface area (Å²) in [4.78, 5) is 0. The third-order valence-corrected chi connectivity index (χ3v) is 3.37. The quantitative estimate of drug-likeness (QED) is 0.905. The molecule has 1 fully saturated rings. The Hall–Kier alpha value is -0.780. The number of nitrogens with two attached hydrogens (primary N) is 1. The van der Waals surface area contributed by atoms with E-state index in [1.165, 1.54) is 6.07 Å². The molecular formula is C13H17ClF3NO. The maximum Gasteiger partial charge on any atom is 0.416 e. The number of halogens is 4. The van der Waals surface area contributed by atoms with Crippen molar-refractivity contribution >= 4 is 12.4 Å². The van der Waals surface area contributed by atoms with Gasteiger partial charge in [0.25, 0.3) is 0 Å². The van der Waals surface area contributed by atoms with Crippen LogP contribution in [0.3, 0.4) is 0 Å². The number of rotatable bonds is 2. The van der Waals surface area contributed by atoms with Crippen molar-refractivity contribution in [2.24, 2.45) is 11.7 Å². The molecule has 19 heavy (non-hydrogen) atoms. The van der Waals surface area contributed by atoms with Crippen LogP contribution in [0.4, 0.5) is 13.2 Å². The summed E-state index contributed by atoms with van der Waals surface area (Å²) in [6.07, 6.45) is -2.71. The molecular weight excluding hydrogens is 279 g/mol. The van der Waals surface area contributed by atoms with Crippen molar-refractivity contribution in [2.45, 2.75) is 25.1 Å². The molecule has 0 saturated carbocycles. The van der Waals surface area contributed by atoms with Crippen LogP contribution in [0.15, 0.2) is 24.3 Å². The molecule has 1 aliphatic heterocycles. The minimum Gasteiger partial charge on any atom is -0.381 e. The summed E-state index contributed by atoms with van der Waals surface area (Å²) >= 11 is 0. The molecule has 6 heteroatoms. The Morgan fingerprint density at radius 2 is 1.84 bits per heavy atom. The fourth-order valence-electron chi connectivity index (χ4n) is 2.27. The average Bonchev–Trinajstić information content (AvgIpc) is 2.38. The predicted molar refractivity (Wildman–Crippen MR) is 69.2 cm³/mol. The number of hydrogen-bond acceptors (Lipinski definition) is 2. The zero-order valence-corrected chi connectivity index (χ0v) is 11.1. The Morgan fingerprint density at radius 3 is 2.42 bits per heavy atom. The SMILES string of the molecule is Cl.NC(c1cccc(C(F)(F)F)c1)C1CCOCC1. The molecule has 1 aromatic rings. The van der Waals surface area contributed by atoms with Crippen LogP contribution in [0.5, 0.6) is 0 Å². The largest absolute Gasteiger partial charge is 0.416 e. The van der Waals surface area contributed by atoms with Gasteiger partial charge in [-0.1, -0.05) is 12.1 Å². The average molecular weight is 296 g/mol. The van der Waals surface area contributed by atoms with Crippen molar-refractivity contribution in [3.8, 4) is 0 Å². The molecule has 1 heterocycles. The molecule has 108 valence electrons. The summed E-state index contributed by atoms with van der Waals surface area (Å²) in [7, 11) is 0. The van der Waals surface area contributed by atoms with Crippen LogP contribution in [0.25, 0.3) is 0 Å². The summed E-state index contributed by atoms with van der Waals surface area (Å²) in [5, 5.41) is 0. The van der Waals surface area contributed by atoms with E-state index in [0.29, 0.717) is 18.8 Å². The van der Waals surface area contributed by atoms with Crippen LogP contribution >= 0.6 is 12.4 Å². The van der Waals surface area contributed by atoms with E-state index in [1.54, 1.807) is 6.07 Å². The maximum absolute atomic E-state index is 12.6. The fourth-order valence-corrected chi connectivity index (χ4v) is 2.27. The highest BCUT2D eigenvalue weighted by molar-refractivity contribution is 5.85. The Bertz CT molecular complexity index is 405. The Labute approximate surface area is 116 Å². The second kappa shape index (κ2) is 6.59. The van der Waals surface area contributed by atoms with Gasteiger partial charge in [-0.15, -0.1) is 12.4 Å². The Morgan fingerprint density at radius 1 is 1.21 bits per heavy atom. The molecule has 1 atom stereocenters. The third kappa shape index (κ3) is 4.09. The monoisotopic (exact) mass is 295 g/mol. The van der Waals surface area contributed by atoms with Crippen LogP contribution in [0.1, 0.15) is 30.0 Å². The van der Waals surface area contributed by atoms with E-state index in [1.807, 2.05) is 0 Å². The van der Waals surface area contributed by atoms with Crippen LogP contribution < -0.4 is 5.73 Å². The van der Waals surface area contributed by atoms with Crippen molar-refractivity contribution in [1.82, 2.24) is 0 Å². The van der Waals surface area contributed by atoms with Crippen molar-refractivity contribution < 1.29 is 17.9 Å². The summed E-state index contributed by atoms with van der Waals surface area (Å²) < 4.78 is 43.1. The lowest BCUT2D eigenvalue weighted by atomic mass is 9.87. The lowest BCUT2D eigenvalue weighted by molar-refractivity contribution is -0.137. The van der Waals surface area contributed by atoms with E-state index in [0.717, 1.165) is 25.0 Å². The molecule has 0 radical (unpaired) electrons. The molecule has 0 aliphatic carbocycles. The fraction of sp³-hybridized carbons (Fsp3) is 0.538. The van der Waals surface area contributed by atoms with Crippen LogP contribution in [-0.2, 0) is 10.9 Å². The van der Waals surface area contributed by atoms with Crippen molar-refractivity contribution in [2.75, 3.05) is 13.2 Å². The molecule has 1 saturated heterocycles. The second-order valence-electron chi connectivity index (χ2n) is 4.60. The number of alkyl halides is 3. The van der Waals surface area contributed by atoms with Crippen molar-refractivity contribution in [1.29, 1.82) is 0 Å². The third-order valence-electron chi connectivity index (χ3n) is 3.37. The Kier molecular flexibility index (Phi) is 5.64. The van der Waals surface area contributed by atoms with Gasteiger partial charge in [-0.25, -0.2) is 0 Å². The van der Waals surface area contributed by atoms with E-state index in [-0.39, 0.29) is 24.4 Å². The van der Waals surface area contributed by atoms with E-state index in [4.69, 9.17) is 10.5 Å². The summed E-state index contributed by atoms with van der Waals surface area (Å²) in [6, 6.07) is 4.95. The molecule has 1 aliphatic rings. The Balaban J connectivity index is 0.00000180. The first kappa shape index (κ1) is 16.3. The van der Waals surface area contributed by atoms with Gasteiger partial charge in [-0.2, -0.15) is 13.2 Å². The second-order valence-corrected chi connectivity index (χ2v) is 4.60. The first-order chi connectivity index (χ1) is 8.48. The van der Waals surface area contributed by atoms with E-state index >= 15 is 0 Å². The van der Waals surface area contributed by atoms with Gasteiger partial charge in [-0.3, -0.25) is 0 Å². The van der Waals surface area contributed by atoms with Crippen LogP contribution in [0, 0.1) is 5.92 Å². The summed E-state index contributed by atoms with van der Waals surface area (Å²) in [6.45, 7) is 1.27. The molecule has 0 aromatic heterocycles. The standard InChI is InChI=1S/C13H16F3NO.ClH/c14-13(15,16)11-3-1-2-10(8-11)12(17)9-4-6-18-7-5-9;/h1-3,8-9,12H,4-7,17H2;1H. The lowest BCUT2D eigenvalue weighted by Gasteiger charge is -2.28. The molecule has 0 spiro atoms. The van der Waals surface area contributed by atoms with E-state index < -0.39 is 11.7 Å². The van der Waals surface area contributed by atoms with Gasteiger partial charge >= 0.3 is 6.18 Å². The smallest absolute Gasteiger partial charge is 0.381 e. The van der Waals surface area contributed by atoms with Gasteiger partial charge in [0.1, 0.15) is 0 Å². The zero-order valence-electron chi connectivity index (χ0n) is 10.3. The first-order valence-corrected chi connectivity index (χ1v) is 5.99. The minimum absolute atomic E-state index is 0. The molecule has 0 amide bonds. The van der Waals surface area contributed by atoms with Crippen molar-refractivity contribution in [3.05, 3.63) is 35.4 Å². The highest BCUT2D eigenvalue weighted by atomic mass is 35.5. The van der Waals surface area contributed by atoms with Gasteiger partial charge in [-0.05, 0) is 36.5 Å². The number of benzene rings is 1. The van der Waals surface area contributed by atoms with Crippen LogP contribution in [0.2, 0.25) is 0 Å². The minimum atomic E-state index is -4.31. The molecule has 1 aromatic carbocycles. The van der Waals surface area contributed by atoms with Gasteiger partial charge in [0.05, 0.1) is 5.56 Å². The highest BCUT2D eigenvalue weighted by Crippen LogP contribution is 2.33. The maximum atomic E-state index is 12.6. The van der Waals surface area contributed by atoms with Gasteiger partial charge in [0, 0.05) is 19.3 Å². The summed E-state index contributed by atoms with van der Waals surface area (Å²) in [5.41, 5.74) is 5.97. The first-order valence-electron chi connectivity index (χ1n) is 5.99. The van der Waals surface area contributed by atoms with Gasteiger partial charge in [0.15, 0.2) is 0 Å². The molecule has 0 bridgehead atoms. The normalized spacial score (nSPS) is 18.7. The number of ether oxygens (including phenoxy) is 1. The zero-order chi connectivity index (χ0) is 13.2.